The first kappa shape index (κ1) is 15.8. The topological polar surface area (TPSA) is 98.3 Å². The number of hydrogen-bond donors (Lipinski definition) is 3. The second-order valence-electron chi connectivity index (χ2n) is 5.57. The molecule has 1 fully saturated rings. The quantitative estimate of drug-likeness (QED) is 0.726. The summed E-state index contributed by atoms with van der Waals surface area (Å²) in [6.07, 6.45) is 2.38. The lowest BCUT2D eigenvalue weighted by Crippen LogP contribution is -2.45. The van der Waals surface area contributed by atoms with Crippen LogP contribution >= 0.6 is 11.6 Å². The average molecular weight is 337 g/mol. The van der Waals surface area contributed by atoms with Crippen molar-refractivity contribution in [2.45, 2.75) is 18.9 Å². The molecule has 2 aromatic heterocycles. The first-order valence-corrected chi connectivity index (χ1v) is 7.79. The van der Waals surface area contributed by atoms with Crippen LogP contribution in [0.5, 0.6) is 0 Å². The van der Waals surface area contributed by atoms with E-state index in [1.54, 1.807) is 23.2 Å². The van der Waals surface area contributed by atoms with E-state index < -0.39 is 0 Å². The van der Waals surface area contributed by atoms with E-state index in [9.17, 15) is 14.7 Å². The molecule has 1 saturated heterocycles. The Bertz CT molecular complexity index is 737. The maximum Gasteiger partial charge on any atom is 0.268 e. The first-order valence-electron chi connectivity index (χ1n) is 7.41. The van der Waals surface area contributed by atoms with Gasteiger partial charge in [-0.15, -0.1) is 0 Å². The van der Waals surface area contributed by atoms with E-state index in [1.807, 2.05) is 0 Å². The average Bonchev–Trinajstić information content (AvgIpc) is 2.96. The van der Waals surface area contributed by atoms with Crippen molar-refractivity contribution < 1.29 is 14.7 Å². The first-order chi connectivity index (χ1) is 11.0. The van der Waals surface area contributed by atoms with Gasteiger partial charge < -0.3 is 20.3 Å². The Morgan fingerprint density at radius 2 is 2.13 bits per heavy atom. The molecular weight excluding hydrogens is 320 g/mol. The summed E-state index contributed by atoms with van der Waals surface area (Å²) in [5.74, 6) is -0.506. The molecule has 3 rings (SSSR count). The van der Waals surface area contributed by atoms with Crippen molar-refractivity contribution in [1.82, 2.24) is 20.2 Å². The lowest BCUT2D eigenvalue weighted by Gasteiger charge is -2.29. The molecular formula is C15H17ClN4O3. The summed E-state index contributed by atoms with van der Waals surface area (Å²) >= 11 is 5.81. The van der Waals surface area contributed by atoms with E-state index in [4.69, 9.17) is 11.6 Å². The summed E-state index contributed by atoms with van der Waals surface area (Å²) in [6, 6.07) is 3.33. The van der Waals surface area contributed by atoms with Crippen LogP contribution in [0.1, 0.15) is 23.3 Å². The number of aliphatic hydroxyl groups is 1. The second-order valence-corrected chi connectivity index (χ2v) is 5.96. The number of likely N-dealkylation sites (tertiary alicyclic amines) is 1. The van der Waals surface area contributed by atoms with Gasteiger partial charge in [-0.2, -0.15) is 0 Å². The van der Waals surface area contributed by atoms with Gasteiger partial charge in [-0.1, -0.05) is 11.6 Å². The Morgan fingerprint density at radius 3 is 2.87 bits per heavy atom. The van der Waals surface area contributed by atoms with Gasteiger partial charge in [-0.3, -0.25) is 9.59 Å². The zero-order valence-electron chi connectivity index (χ0n) is 12.4. The third kappa shape index (κ3) is 3.62. The number of hydrogen-bond acceptors (Lipinski definition) is 4. The molecule has 0 spiro atoms. The Labute approximate surface area is 137 Å². The van der Waals surface area contributed by atoms with Crippen molar-refractivity contribution >= 4 is 34.3 Å². The number of rotatable bonds is 3. The van der Waals surface area contributed by atoms with Crippen molar-refractivity contribution in [2.75, 3.05) is 19.6 Å². The van der Waals surface area contributed by atoms with Crippen LogP contribution in [-0.2, 0) is 4.79 Å². The number of piperidine rings is 1. The van der Waals surface area contributed by atoms with Gasteiger partial charge in [0, 0.05) is 18.5 Å². The molecule has 0 atom stereocenters. The van der Waals surface area contributed by atoms with Crippen LogP contribution in [-0.4, -0.2) is 57.5 Å². The number of carbonyl (C=O) groups excluding carboxylic acids is 2. The van der Waals surface area contributed by atoms with E-state index in [1.165, 1.54) is 0 Å². The van der Waals surface area contributed by atoms with Gasteiger partial charge in [0.2, 0.25) is 5.91 Å². The maximum absolute atomic E-state index is 12.1. The number of aromatic amines is 1. The highest BCUT2D eigenvalue weighted by Gasteiger charge is 2.21. The fourth-order valence-corrected chi connectivity index (χ4v) is 2.77. The van der Waals surface area contributed by atoms with E-state index in [2.05, 4.69) is 15.3 Å². The molecule has 3 N–H and O–H groups in total. The molecule has 7 nitrogen and oxygen atoms in total. The molecule has 0 saturated carbocycles. The SMILES string of the molecule is O=C(NCC(=O)N1CCC(O)CC1)c1cc2cc(Cl)ncc2[nH]1. The smallest absolute Gasteiger partial charge is 0.268 e. The van der Waals surface area contributed by atoms with Crippen molar-refractivity contribution in [1.29, 1.82) is 0 Å². The standard InChI is InChI=1S/C15H17ClN4O3/c16-13-6-9-5-11(19-12(9)7-17-13)15(23)18-8-14(22)20-3-1-10(21)2-4-20/h5-7,10,19,21H,1-4,8H2,(H,18,23). The van der Waals surface area contributed by atoms with Crippen LogP contribution in [0, 0.1) is 0 Å². The summed E-state index contributed by atoms with van der Waals surface area (Å²) in [5, 5.41) is 13.2. The molecule has 0 radical (unpaired) electrons. The third-order valence-corrected chi connectivity index (χ3v) is 4.14. The number of aromatic nitrogens is 2. The van der Waals surface area contributed by atoms with Crippen LogP contribution in [0.4, 0.5) is 0 Å². The van der Waals surface area contributed by atoms with E-state index >= 15 is 0 Å². The Kier molecular flexibility index (Phi) is 4.49. The monoisotopic (exact) mass is 336 g/mol. The molecule has 8 heteroatoms. The summed E-state index contributed by atoms with van der Waals surface area (Å²) in [6.45, 7) is 0.974. The van der Waals surface area contributed by atoms with Crippen LogP contribution < -0.4 is 5.32 Å². The van der Waals surface area contributed by atoms with Gasteiger partial charge in [0.25, 0.3) is 5.91 Å². The number of H-pyrrole nitrogens is 1. The zero-order valence-corrected chi connectivity index (χ0v) is 13.1. The molecule has 0 bridgehead atoms. The molecule has 122 valence electrons. The zero-order chi connectivity index (χ0) is 16.4. The molecule has 2 amide bonds. The van der Waals surface area contributed by atoms with Gasteiger partial charge in [0.15, 0.2) is 0 Å². The minimum atomic E-state index is -0.359. The summed E-state index contributed by atoms with van der Waals surface area (Å²) < 4.78 is 0. The fourth-order valence-electron chi connectivity index (χ4n) is 2.61. The van der Waals surface area contributed by atoms with E-state index in [0.717, 1.165) is 5.39 Å². The molecule has 0 unspecified atom stereocenters. The number of nitrogens with one attached hydrogen (secondary N) is 2. The molecule has 23 heavy (non-hydrogen) atoms. The molecule has 0 aromatic carbocycles. The van der Waals surface area contributed by atoms with Crippen molar-refractivity contribution in [3.8, 4) is 0 Å². The highest BCUT2D eigenvalue weighted by Crippen LogP contribution is 2.17. The van der Waals surface area contributed by atoms with E-state index in [-0.39, 0.29) is 24.5 Å². The van der Waals surface area contributed by atoms with Crippen molar-refractivity contribution in [3.05, 3.63) is 29.2 Å². The Balaban J connectivity index is 1.58. The molecule has 3 heterocycles. The van der Waals surface area contributed by atoms with E-state index in [0.29, 0.717) is 42.3 Å². The minimum absolute atomic E-state index is 0.0662. The number of nitrogens with zero attached hydrogens (tertiary/aromatic N) is 2. The van der Waals surface area contributed by atoms with Crippen molar-refractivity contribution in [3.63, 3.8) is 0 Å². The van der Waals surface area contributed by atoms with Crippen molar-refractivity contribution in [2.24, 2.45) is 0 Å². The van der Waals surface area contributed by atoms with Gasteiger partial charge in [0.1, 0.15) is 10.8 Å². The van der Waals surface area contributed by atoms with Gasteiger partial charge in [-0.25, -0.2) is 4.98 Å². The summed E-state index contributed by atoms with van der Waals surface area (Å²) in [4.78, 5) is 32.7. The highest BCUT2D eigenvalue weighted by atomic mass is 35.5. The highest BCUT2D eigenvalue weighted by molar-refractivity contribution is 6.30. The van der Waals surface area contributed by atoms with Gasteiger partial charge in [-0.05, 0) is 25.0 Å². The summed E-state index contributed by atoms with van der Waals surface area (Å²) in [7, 11) is 0. The number of pyridine rings is 1. The molecule has 0 aliphatic carbocycles. The molecule has 1 aliphatic heterocycles. The number of halogens is 1. The largest absolute Gasteiger partial charge is 0.393 e. The fraction of sp³-hybridized carbons (Fsp3) is 0.400. The Morgan fingerprint density at radius 1 is 1.39 bits per heavy atom. The molecule has 1 aliphatic rings. The number of fused-ring (bicyclic) bond motifs is 1. The number of amides is 2. The second kappa shape index (κ2) is 6.55. The lowest BCUT2D eigenvalue weighted by molar-refractivity contribution is -0.132. The number of aliphatic hydroxyl groups excluding tert-OH is 1. The van der Waals surface area contributed by atoms with Crippen LogP contribution in [0.3, 0.4) is 0 Å². The van der Waals surface area contributed by atoms with Crippen LogP contribution in [0.15, 0.2) is 18.3 Å². The third-order valence-electron chi connectivity index (χ3n) is 3.93. The number of carbonyl (C=O) groups is 2. The minimum Gasteiger partial charge on any atom is -0.393 e. The molecule has 2 aromatic rings. The van der Waals surface area contributed by atoms with Crippen LogP contribution in [0.25, 0.3) is 10.9 Å². The van der Waals surface area contributed by atoms with Gasteiger partial charge in [0.05, 0.1) is 24.4 Å². The maximum atomic E-state index is 12.1. The predicted molar refractivity (Wildman–Crippen MR) is 85.3 cm³/mol. The Hall–Kier alpha value is -2.12. The lowest BCUT2D eigenvalue weighted by atomic mass is 10.1. The van der Waals surface area contributed by atoms with Gasteiger partial charge >= 0.3 is 0 Å². The predicted octanol–water partition coefficient (Wildman–Crippen LogP) is 0.929. The summed E-state index contributed by atoms with van der Waals surface area (Å²) in [5.41, 5.74) is 1.06. The normalized spacial score (nSPS) is 15.8. The van der Waals surface area contributed by atoms with Crippen LogP contribution in [0.2, 0.25) is 5.15 Å².